The van der Waals surface area contributed by atoms with E-state index in [9.17, 15) is 9.59 Å². The molecular weight excluding hydrogens is 272 g/mol. The Morgan fingerprint density at radius 1 is 1.19 bits per heavy atom. The Morgan fingerprint density at radius 3 is 2.48 bits per heavy atom. The third-order valence-corrected chi connectivity index (χ3v) is 4.38. The van der Waals surface area contributed by atoms with E-state index in [1.165, 1.54) is 12.8 Å². The van der Waals surface area contributed by atoms with Gasteiger partial charge in [-0.2, -0.15) is 0 Å². The lowest BCUT2D eigenvalue weighted by Gasteiger charge is -2.29. The number of carboxylic acids is 1. The lowest BCUT2D eigenvalue weighted by atomic mass is 10.1. The van der Waals surface area contributed by atoms with Gasteiger partial charge in [0.1, 0.15) is 0 Å². The van der Waals surface area contributed by atoms with Crippen molar-refractivity contribution in [1.82, 2.24) is 9.80 Å². The molecule has 6 nitrogen and oxygen atoms in total. The summed E-state index contributed by atoms with van der Waals surface area (Å²) >= 11 is 0. The second-order valence-electron chi connectivity index (χ2n) is 5.90. The molecule has 1 amide bonds. The summed E-state index contributed by atoms with van der Waals surface area (Å²) in [6.07, 6.45) is 5.79. The first-order valence-corrected chi connectivity index (χ1v) is 7.98. The predicted octanol–water partition coefficient (Wildman–Crippen LogP) is 0.955. The Labute approximate surface area is 126 Å². The standard InChI is InChI=1S/C15H26N2O4/c18-14(16-8-10-21-11-9-16)6-3-7-17(12-15(19)20)13-4-1-2-5-13/h13H,1-12H2,(H,19,20). The van der Waals surface area contributed by atoms with Crippen molar-refractivity contribution in [2.45, 2.75) is 44.6 Å². The minimum Gasteiger partial charge on any atom is -0.480 e. The number of morpholine rings is 1. The second-order valence-corrected chi connectivity index (χ2v) is 5.90. The van der Waals surface area contributed by atoms with Crippen LogP contribution in [0.25, 0.3) is 0 Å². The van der Waals surface area contributed by atoms with Crippen molar-refractivity contribution in [3.05, 3.63) is 0 Å². The van der Waals surface area contributed by atoms with Gasteiger partial charge in [-0.25, -0.2) is 0 Å². The summed E-state index contributed by atoms with van der Waals surface area (Å²) in [7, 11) is 0. The number of aliphatic carboxylic acids is 1. The zero-order valence-corrected chi connectivity index (χ0v) is 12.6. The minimum absolute atomic E-state index is 0.0937. The Morgan fingerprint density at radius 2 is 1.86 bits per heavy atom. The highest BCUT2D eigenvalue weighted by molar-refractivity contribution is 5.76. The minimum atomic E-state index is -0.776. The zero-order valence-electron chi connectivity index (χ0n) is 12.6. The van der Waals surface area contributed by atoms with Gasteiger partial charge in [0.05, 0.1) is 19.8 Å². The fourth-order valence-electron chi connectivity index (χ4n) is 3.24. The number of hydrogen-bond donors (Lipinski definition) is 1. The van der Waals surface area contributed by atoms with Crippen LogP contribution < -0.4 is 0 Å². The van der Waals surface area contributed by atoms with Crippen LogP contribution in [-0.4, -0.2) is 72.2 Å². The van der Waals surface area contributed by atoms with Crippen molar-refractivity contribution in [1.29, 1.82) is 0 Å². The Hall–Kier alpha value is -1.14. The molecule has 2 rings (SSSR count). The van der Waals surface area contributed by atoms with Gasteiger partial charge in [-0.3, -0.25) is 14.5 Å². The molecular formula is C15H26N2O4. The summed E-state index contributed by atoms with van der Waals surface area (Å²) in [5, 5.41) is 9.03. The van der Waals surface area contributed by atoms with Gasteiger partial charge in [-0.15, -0.1) is 0 Å². The molecule has 1 N–H and O–H groups in total. The van der Waals surface area contributed by atoms with Crippen LogP contribution in [-0.2, 0) is 14.3 Å². The lowest BCUT2D eigenvalue weighted by Crippen LogP contribution is -2.41. The third kappa shape index (κ3) is 5.28. The second kappa shape index (κ2) is 8.34. The van der Waals surface area contributed by atoms with Crippen LogP contribution in [0.4, 0.5) is 0 Å². The van der Waals surface area contributed by atoms with Gasteiger partial charge in [0, 0.05) is 25.6 Å². The number of ether oxygens (including phenoxy) is 1. The molecule has 0 spiro atoms. The zero-order chi connectivity index (χ0) is 15.1. The van der Waals surface area contributed by atoms with Crippen molar-refractivity contribution in [3.63, 3.8) is 0 Å². The van der Waals surface area contributed by atoms with Crippen LogP contribution in [0.15, 0.2) is 0 Å². The maximum atomic E-state index is 12.1. The van der Waals surface area contributed by atoms with Crippen molar-refractivity contribution in [3.8, 4) is 0 Å². The molecule has 1 aliphatic heterocycles. The summed E-state index contributed by atoms with van der Waals surface area (Å²) in [5.74, 6) is -0.610. The molecule has 1 aliphatic carbocycles. The van der Waals surface area contributed by atoms with E-state index in [1.54, 1.807) is 0 Å². The first kappa shape index (κ1) is 16.2. The fourth-order valence-corrected chi connectivity index (χ4v) is 3.24. The summed E-state index contributed by atoms with van der Waals surface area (Å²) in [4.78, 5) is 26.9. The number of carbonyl (C=O) groups is 2. The predicted molar refractivity (Wildman–Crippen MR) is 78.1 cm³/mol. The molecule has 120 valence electrons. The lowest BCUT2D eigenvalue weighted by molar-refractivity contribution is -0.138. The Bertz CT molecular complexity index is 350. The summed E-state index contributed by atoms with van der Waals surface area (Å²) in [6, 6.07) is 0.389. The van der Waals surface area contributed by atoms with E-state index in [1.807, 2.05) is 9.80 Å². The molecule has 0 aromatic heterocycles. The number of amides is 1. The van der Waals surface area contributed by atoms with Gasteiger partial charge in [-0.05, 0) is 25.8 Å². The van der Waals surface area contributed by atoms with Crippen LogP contribution >= 0.6 is 0 Å². The highest BCUT2D eigenvalue weighted by atomic mass is 16.5. The summed E-state index contributed by atoms with van der Waals surface area (Å²) in [6.45, 7) is 3.40. The number of carboxylic acid groups (broad SMARTS) is 1. The summed E-state index contributed by atoms with van der Waals surface area (Å²) < 4.78 is 5.24. The monoisotopic (exact) mass is 298 g/mol. The molecule has 0 unspecified atom stereocenters. The molecule has 0 atom stereocenters. The van der Waals surface area contributed by atoms with Crippen LogP contribution in [0.2, 0.25) is 0 Å². The normalized spacial score (nSPS) is 20.1. The molecule has 1 saturated heterocycles. The van der Waals surface area contributed by atoms with Crippen LogP contribution in [0.5, 0.6) is 0 Å². The van der Waals surface area contributed by atoms with E-state index in [4.69, 9.17) is 9.84 Å². The highest BCUT2D eigenvalue weighted by Crippen LogP contribution is 2.23. The third-order valence-electron chi connectivity index (χ3n) is 4.38. The van der Waals surface area contributed by atoms with Crippen LogP contribution in [0, 0.1) is 0 Å². The molecule has 0 bridgehead atoms. The van der Waals surface area contributed by atoms with Gasteiger partial charge < -0.3 is 14.7 Å². The fraction of sp³-hybridized carbons (Fsp3) is 0.867. The van der Waals surface area contributed by atoms with Crippen molar-refractivity contribution < 1.29 is 19.4 Å². The number of rotatable bonds is 7. The van der Waals surface area contributed by atoms with Gasteiger partial charge in [-0.1, -0.05) is 12.8 Å². The molecule has 0 radical (unpaired) electrons. The molecule has 1 heterocycles. The van der Waals surface area contributed by atoms with E-state index in [-0.39, 0.29) is 12.5 Å². The van der Waals surface area contributed by atoms with Gasteiger partial charge in [0.25, 0.3) is 0 Å². The molecule has 2 fully saturated rings. The number of hydrogen-bond acceptors (Lipinski definition) is 4. The first-order chi connectivity index (χ1) is 10.2. The van der Waals surface area contributed by atoms with Gasteiger partial charge >= 0.3 is 5.97 Å². The highest BCUT2D eigenvalue weighted by Gasteiger charge is 2.24. The number of carbonyl (C=O) groups excluding carboxylic acids is 1. The van der Waals surface area contributed by atoms with Crippen molar-refractivity contribution in [2.24, 2.45) is 0 Å². The van der Waals surface area contributed by atoms with E-state index >= 15 is 0 Å². The van der Waals surface area contributed by atoms with Gasteiger partial charge in [0.15, 0.2) is 0 Å². The van der Waals surface area contributed by atoms with Gasteiger partial charge in [0.2, 0.25) is 5.91 Å². The van der Waals surface area contributed by atoms with Crippen molar-refractivity contribution >= 4 is 11.9 Å². The van der Waals surface area contributed by atoms with Crippen LogP contribution in [0.1, 0.15) is 38.5 Å². The quantitative estimate of drug-likeness (QED) is 0.758. The Balaban J connectivity index is 1.72. The van der Waals surface area contributed by atoms with Crippen LogP contribution in [0.3, 0.4) is 0 Å². The molecule has 0 aromatic rings. The average molecular weight is 298 g/mol. The van der Waals surface area contributed by atoms with E-state index in [0.29, 0.717) is 45.3 Å². The maximum Gasteiger partial charge on any atom is 0.317 e. The van der Waals surface area contributed by atoms with E-state index < -0.39 is 5.97 Å². The van der Waals surface area contributed by atoms with Crippen molar-refractivity contribution in [2.75, 3.05) is 39.4 Å². The molecule has 21 heavy (non-hydrogen) atoms. The van der Waals surface area contributed by atoms with E-state index in [2.05, 4.69) is 0 Å². The molecule has 1 saturated carbocycles. The average Bonchev–Trinajstić information content (AvgIpc) is 3.00. The maximum absolute atomic E-state index is 12.1. The molecule has 6 heteroatoms. The molecule has 0 aromatic carbocycles. The summed E-state index contributed by atoms with van der Waals surface area (Å²) in [5.41, 5.74) is 0. The molecule has 2 aliphatic rings. The smallest absolute Gasteiger partial charge is 0.317 e. The first-order valence-electron chi connectivity index (χ1n) is 7.98. The topological polar surface area (TPSA) is 70.1 Å². The SMILES string of the molecule is O=C(O)CN(CCCC(=O)N1CCOCC1)C1CCCC1. The number of nitrogens with zero attached hydrogens (tertiary/aromatic N) is 2. The van der Waals surface area contributed by atoms with E-state index in [0.717, 1.165) is 19.3 Å². The Kier molecular flexibility index (Phi) is 6.45. The largest absolute Gasteiger partial charge is 0.480 e.